The van der Waals surface area contributed by atoms with E-state index < -0.39 is 23.5 Å². The first-order chi connectivity index (χ1) is 9.52. The standard InChI is InChI=1S/C13H15BrCl2N2O3/c1-13(2,3)10(11(19)20)18-12(21)17-9-7(15)4-6(14)5-8(9)16/h4-5,10H,1-3H3,(H,19,20)(H2,17,18,21). The van der Waals surface area contributed by atoms with Gasteiger partial charge in [0.15, 0.2) is 0 Å². The number of anilines is 1. The summed E-state index contributed by atoms with van der Waals surface area (Å²) in [6.07, 6.45) is 0. The van der Waals surface area contributed by atoms with Crippen LogP contribution in [0.1, 0.15) is 20.8 Å². The fourth-order valence-corrected chi connectivity index (χ4v) is 2.89. The number of benzene rings is 1. The Kier molecular flexibility index (Phi) is 5.90. The Hall–Kier alpha value is -0.980. The van der Waals surface area contributed by atoms with E-state index in [0.717, 1.165) is 0 Å². The SMILES string of the molecule is CC(C)(C)C(NC(=O)Nc1c(Cl)cc(Br)cc1Cl)C(=O)O. The number of carboxylic acids is 1. The summed E-state index contributed by atoms with van der Waals surface area (Å²) in [6, 6.07) is 1.40. The van der Waals surface area contributed by atoms with Gasteiger partial charge in [-0.1, -0.05) is 59.9 Å². The highest BCUT2D eigenvalue weighted by Crippen LogP contribution is 2.33. The molecule has 0 spiro atoms. The Balaban J connectivity index is 2.90. The second-order valence-corrected chi connectivity index (χ2v) is 7.21. The normalized spacial score (nSPS) is 12.7. The molecule has 1 atom stereocenters. The smallest absolute Gasteiger partial charge is 0.326 e. The third-order valence-corrected chi connectivity index (χ3v) is 3.69. The maximum Gasteiger partial charge on any atom is 0.326 e. The van der Waals surface area contributed by atoms with Crippen LogP contribution in [0.15, 0.2) is 16.6 Å². The lowest BCUT2D eigenvalue weighted by Crippen LogP contribution is -2.50. The first-order valence-corrected chi connectivity index (χ1v) is 7.52. The minimum absolute atomic E-state index is 0.220. The fourth-order valence-electron chi connectivity index (χ4n) is 1.59. The zero-order chi connectivity index (χ0) is 16.4. The average molecular weight is 398 g/mol. The van der Waals surface area contributed by atoms with Crippen molar-refractivity contribution in [1.82, 2.24) is 5.32 Å². The maximum atomic E-state index is 11.9. The lowest BCUT2D eigenvalue weighted by atomic mass is 9.87. The molecule has 0 aliphatic heterocycles. The molecule has 8 heteroatoms. The van der Waals surface area contributed by atoms with E-state index in [-0.39, 0.29) is 15.7 Å². The van der Waals surface area contributed by atoms with Crippen molar-refractivity contribution in [3.05, 3.63) is 26.7 Å². The van der Waals surface area contributed by atoms with Crippen LogP contribution in [-0.2, 0) is 4.79 Å². The first-order valence-electron chi connectivity index (χ1n) is 5.97. The molecule has 0 aromatic heterocycles. The highest BCUT2D eigenvalue weighted by atomic mass is 79.9. The summed E-state index contributed by atoms with van der Waals surface area (Å²) in [5.41, 5.74) is -0.423. The van der Waals surface area contributed by atoms with Gasteiger partial charge in [0.05, 0.1) is 15.7 Å². The van der Waals surface area contributed by atoms with E-state index in [4.69, 9.17) is 28.3 Å². The molecule has 1 rings (SSSR count). The molecule has 0 saturated heterocycles. The molecule has 1 unspecified atom stereocenters. The molecule has 1 aromatic carbocycles. The quantitative estimate of drug-likeness (QED) is 0.708. The molecule has 2 amide bonds. The van der Waals surface area contributed by atoms with E-state index >= 15 is 0 Å². The number of carboxylic acid groups (broad SMARTS) is 1. The van der Waals surface area contributed by atoms with Crippen LogP contribution in [0.25, 0.3) is 0 Å². The number of carbonyl (C=O) groups excluding carboxylic acids is 1. The Bertz CT molecular complexity index is 550. The molecule has 0 fully saturated rings. The topological polar surface area (TPSA) is 78.4 Å². The number of hydrogen-bond donors (Lipinski definition) is 3. The number of urea groups is 1. The molecular formula is C13H15BrCl2N2O3. The van der Waals surface area contributed by atoms with Gasteiger partial charge in [-0.15, -0.1) is 0 Å². The molecule has 116 valence electrons. The molecular weight excluding hydrogens is 383 g/mol. The number of halogens is 3. The first kappa shape index (κ1) is 18.1. The highest BCUT2D eigenvalue weighted by Gasteiger charge is 2.32. The van der Waals surface area contributed by atoms with Gasteiger partial charge in [-0.2, -0.15) is 0 Å². The van der Waals surface area contributed by atoms with Crippen molar-refractivity contribution >= 4 is 56.8 Å². The van der Waals surface area contributed by atoms with Gasteiger partial charge in [0.1, 0.15) is 6.04 Å². The summed E-state index contributed by atoms with van der Waals surface area (Å²) in [7, 11) is 0. The number of hydrogen-bond acceptors (Lipinski definition) is 2. The third kappa shape index (κ3) is 5.05. The van der Waals surface area contributed by atoms with Crippen molar-refractivity contribution in [3.63, 3.8) is 0 Å². The average Bonchev–Trinajstić information content (AvgIpc) is 2.28. The Morgan fingerprint density at radius 3 is 2.10 bits per heavy atom. The summed E-state index contributed by atoms with van der Waals surface area (Å²) in [4.78, 5) is 23.2. The number of aliphatic carboxylic acids is 1. The minimum Gasteiger partial charge on any atom is -0.480 e. The van der Waals surface area contributed by atoms with Gasteiger partial charge in [-0.3, -0.25) is 0 Å². The Morgan fingerprint density at radius 2 is 1.71 bits per heavy atom. The molecule has 0 bridgehead atoms. The maximum absolute atomic E-state index is 11.9. The molecule has 1 aromatic rings. The molecule has 0 aliphatic carbocycles. The van der Waals surface area contributed by atoms with Gasteiger partial charge in [-0.05, 0) is 17.5 Å². The molecule has 21 heavy (non-hydrogen) atoms. The van der Waals surface area contributed by atoms with Gasteiger partial charge in [0.25, 0.3) is 0 Å². The number of nitrogens with one attached hydrogen (secondary N) is 2. The largest absolute Gasteiger partial charge is 0.480 e. The van der Waals surface area contributed by atoms with Crippen LogP contribution in [0, 0.1) is 5.41 Å². The second-order valence-electron chi connectivity index (χ2n) is 5.48. The molecule has 0 saturated carbocycles. The number of amides is 2. The van der Waals surface area contributed by atoms with Gasteiger partial charge in [-0.25, -0.2) is 9.59 Å². The van der Waals surface area contributed by atoms with Crippen LogP contribution in [0.4, 0.5) is 10.5 Å². The monoisotopic (exact) mass is 396 g/mol. The molecule has 3 N–H and O–H groups in total. The number of rotatable bonds is 3. The lowest BCUT2D eigenvalue weighted by molar-refractivity contribution is -0.141. The van der Waals surface area contributed by atoms with E-state index in [2.05, 4.69) is 26.6 Å². The van der Waals surface area contributed by atoms with Crippen molar-refractivity contribution in [3.8, 4) is 0 Å². The minimum atomic E-state index is -1.12. The van der Waals surface area contributed by atoms with Crippen molar-refractivity contribution in [2.75, 3.05) is 5.32 Å². The summed E-state index contributed by atoms with van der Waals surface area (Å²) in [5, 5.41) is 14.5. The molecule has 5 nitrogen and oxygen atoms in total. The van der Waals surface area contributed by atoms with Crippen LogP contribution in [-0.4, -0.2) is 23.1 Å². The van der Waals surface area contributed by atoms with Gasteiger partial charge >= 0.3 is 12.0 Å². The fraction of sp³-hybridized carbons (Fsp3) is 0.385. The van der Waals surface area contributed by atoms with Gasteiger partial charge in [0.2, 0.25) is 0 Å². The van der Waals surface area contributed by atoms with Crippen LogP contribution in [0.5, 0.6) is 0 Å². The highest BCUT2D eigenvalue weighted by molar-refractivity contribution is 9.10. The van der Waals surface area contributed by atoms with Crippen LogP contribution in [0.2, 0.25) is 10.0 Å². The van der Waals surface area contributed by atoms with E-state index in [1.165, 1.54) is 0 Å². The third-order valence-electron chi connectivity index (χ3n) is 2.63. The lowest BCUT2D eigenvalue weighted by Gasteiger charge is -2.27. The molecule has 0 radical (unpaired) electrons. The second kappa shape index (κ2) is 6.85. The van der Waals surface area contributed by atoms with E-state index in [1.807, 2.05) is 0 Å². The van der Waals surface area contributed by atoms with Crippen LogP contribution < -0.4 is 10.6 Å². The summed E-state index contributed by atoms with van der Waals surface area (Å²) >= 11 is 15.2. The summed E-state index contributed by atoms with van der Waals surface area (Å²) < 4.78 is 0.668. The van der Waals surface area contributed by atoms with Crippen LogP contribution >= 0.6 is 39.1 Å². The predicted molar refractivity (Wildman–Crippen MR) is 87.2 cm³/mol. The Morgan fingerprint density at radius 1 is 1.24 bits per heavy atom. The van der Waals surface area contributed by atoms with Crippen molar-refractivity contribution in [2.45, 2.75) is 26.8 Å². The van der Waals surface area contributed by atoms with Crippen molar-refractivity contribution in [2.24, 2.45) is 5.41 Å². The van der Waals surface area contributed by atoms with Crippen molar-refractivity contribution in [1.29, 1.82) is 0 Å². The Labute approximate surface area is 141 Å². The van der Waals surface area contributed by atoms with Gasteiger partial charge in [0, 0.05) is 4.47 Å². The number of carbonyl (C=O) groups is 2. The van der Waals surface area contributed by atoms with E-state index in [0.29, 0.717) is 4.47 Å². The van der Waals surface area contributed by atoms with Crippen LogP contribution in [0.3, 0.4) is 0 Å². The molecule has 0 heterocycles. The zero-order valence-electron chi connectivity index (χ0n) is 11.6. The van der Waals surface area contributed by atoms with Crippen molar-refractivity contribution < 1.29 is 14.7 Å². The summed E-state index contributed by atoms with van der Waals surface area (Å²) in [5.74, 6) is -1.12. The summed E-state index contributed by atoms with van der Waals surface area (Å²) in [6.45, 7) is 5.14. The molecule has 0 aliphatic rings. The van der Waals surface area contributed by atoms with E-state index in [1.54, 1.807) is 32.9 Å². The van der Waals surface area contributed by atoms with Gasteiger partial charge < -0.3 is 15.7 Å². The predicted octanol–water partition coefficient (Wildman–Crippen LogP) is 4.38. The van der Waals surface area contributed by atoms with E-state index in [9.17, 15) is 9.59 Å². The zero-order valence-corrected chi connectivity index (χ0v) is 14.7.